The summed E-state index contributed by atoms with van der Waals surface area (Å²) in [5.74, 6) is 0. The number of hydrogen-bond acceptors (Lipinski definition) is 1. The third-order valence-corrected chi connectivity index (χ3v) is 2.16. The van der Waals surface area contributed by atoms with Crippen molar-refractivity contribution in [2.45, 2.75) is 59.8 Å². The van der Waals surface area contributed by atoms with Crippen LogP contribution in [0.3, 0.4) is 0 Å². The van der Waals surface area contributed by atoms with Crippen molar-refractivity contribution in [2.75, 3.05) is 6.54 Å². The zero-order valence-corrected chi connectivity index (χ0v) is 12.2. The molecule has 0 saturated carbocycles. The van der Waals surface area contributed by atoms with Gasteiger partial charge >= 0.3 is 0 Å². The van der Waals surface area contributed by atoms with E-state index in [1.165, 1.54) is 37.7 Å². The summed E-state index contributed by atoms with van der Waals surface area (Å²) in [5.41, 5.74) is 6.75. The maximum absolute atomic E-state index is 5.41. The second-order valence-corrected chi connectivity index (χ2v) is 3.43. The van der Waals surface area contributed by atoms with E-state index in [0.717, 1.165) is 6.54 Å². The summed E-state index contributed by atoms with van der Waals surface area (Å²) in [4.78, 5) is 0. The van der Waals surface area contributed by atoms with Gasteiger partial charge in [-0.2, -0.15) is 0 Å². The first-order valence-corrected chi connectivity index (χ1v) is 6.64. The molecule has 1 heteroatoms. The van der Waals surface area contributed by atoms with Crippen LogP contribution in [0.1, 0.15) is 59.8 Å². The van der Waals surface area contributed by atoms with E-state index in [0.29, 0.717) is 0 Å². The molecule has 0 saturated heterocycles. The SMILES string of the molecule is C#C.C/C=C(C)\C=C/CCCCCCN.CC. The Balaban J connectivity index is -0.000000439. The number of terminal acetylenes is 1. The largest absolute Gasteiger partial charge is 0.330 e. The van der Waals surface area contributed by atoms with Gasteiger partial charge in [-0.05, 0) is 39.7 Å². The van der Waals surface area contributed by atoms with Crippen molar-refractivity contribution in [1.29, 1.82) is 0 Å². The highest BCUT2D eigenvalue weighted by atomic mass is 14.5. The van der Waals surface area contributed by atoms with Gasteiger partial charge in [0.25, 0.3) is 0 Å². The first kappa shape index (κ1) is 21.3. The Hall–Kier alpha value is -1.00. The highest BCUT2D eigenvalue weighted by Crippen LogP contribution is 2.04. The standard InChI is InChI=1S/C12H23N.C2H6.C2H2/c1-3-12(2)10-8-6-4-5-7-9-11-13;2*1-2/h3,8,10H,4-7,9,11,13H2,1-2H3;1-2H3;1-2H/b10-8-,12-3-;;. The van der Waals surface area contributed by atoms with E-state index in [1.54, 1.807) is 0 Å². The highest BCUT2D eigenvalue weighted by Gasteiger charge is 1.86. The fourth-order valence-electron chi connectivity index (χ4n) is 1.13. The molecule has 0 heterocycles. The summed E-state index contributed by atoms with van der Waals surface area (Å²) in [5, 5.41) is 0. The molecule has 0 aromatic heterocycles. The Kier molecular flexibility index (Phi) is 30.4. The average molecular weight is 237 g/mol. The third kappa shape index (κ3) is 25.4. The van der Waals surface area contributed by atoms with Gasteiger partial charge in [-0.3, -0.25) is 0 Å². The van der Waals surface area contributed by atoms with Crippen LogP contribution in [-0.4, -0.2) is 6.54 Å². The van der Waals surface area contributed by atoms with E-state index < -0.39 is 0 Å². The average Bonchev–Trinajstić information content (AvgIpc) is 2.42. The van der Waals surface area contributed by atoms with Crippen LogP contribution in [0.15, 0.2) is 23.8 Å². The molecule has 0 aliphatic carbocycles. The summed E-state index contributed by atoms with van der Waals surface area (Å²) >= 11 is 0. The second kappa shape index (κ2) is 24.3. The van der Waals surface area contributed by atoms with Crippen LogP contribution >= 0.6 is 0 Å². The van der Waals surface area contributed by atoms with Gasteiger partial charge in [0.15, 0.2) is 0 Å². The summed E-state index contributed by atoms with van der Waals surface area (Å²) in [6.45, 7) is 9.04. The fourth-order valence-corrected chi connectivity index (χ4v) is 1.13. The highest BCUT2D eigenvalue weighted by molar-refractivity contribution is 5.14. The van der Waals surface area contributed by atoms with Crippen molar-refractivity contribution in [3.05, 3.63) is 23.8 Å². The lowest BCUT2D eigenvalue weighted by Gasteiger charge is -1.96. The van der Waals surface area contributed by atoms with Crippen LogP contribution in [0, 0.1) is 12.8 Å². The van der Waals surface area contributed by atoms with Gasteiger partial charge in [0.2, 0.25) is 0 Å². The van der Waals surface area contributed by atoms with Crippen molar-refractivity contribution in [1.82, 2.24) is 0 Å². The maximum atomic E-state index is 5.41. The second-order valence-electron chi connectivity index (χ2n) is 3.43. The predicted molar refractivity (Wildman–Crippen MR) is 81.9 cm³/mol. The van der Waals surface area contributed by atoms with Crippen molar-refractivity contribution >= 4 is 0 Å². The molecule has 17 heavy (non-hydrogen) atoms. The van der Waals surface area contributed by atoms with Crippen LogP contribution in [0.25, 0.3) is 0 Å². The van der Waals surface area contributed by atoms with E-state index in [2.05, 4.69) is 44.9 Å². The molecule has 1 nitrogen and oxygen atoms in total. The zero-order chi connectivity index (χ0) is 13.9. The molecule has 0 spiro atoms. The molecule has 0 amide bonds. The van der Waals surface area contributed by atoms with Gasteiger partial charge in [-0.25, -0.2) is 0 Å². The minimum absolute atomic E-state index is 0.841. The van der Waals surface area contributed by atoms with Crippen LogP contribution < -0.4 is 5.73 Å². The summed E-state index contributed by atoms with van der Waals surface area (Å²) < 4.78 is 0. The molecule has 0 fully saturated rings. The minimum Gasteiger partial charge on any atom is -0.330 e. The Labute approximate surface area is 109 Å². The van der Waals surface area contributed by atoms with Crippen molar-refractivity contribution in [2.24, 2.45) is 5.73 Å². The predicted octanol–water partition coefficient (Wildman–Crippen LogP) is 4.69. The molecular weight excluding hydrogens is 206 g/mol. The molecule has 0 radical (unpaired) electrons. The van der Waals surface area contributed by atoms with Gasteiger partial charge < -0.3 is 5.73 Å². The number of hydrogen-bond donors (Lipinski definition) is 1. The molecule has 0 rings (SSSR count). The summed E-state index contributed by atoms with van der Waals surface area (Å²) in [6, 6.07) is 0. The minimum atomic E-state index is 0.841. The molecule has 0 atom stereocenters. The summed E-state index contributed by atoms with van der Waals surface area (Å²) in [7, 11) is 0. The quantitative estimate of drug-likeness (QED) is 0.388. The monoisotopic (exact) mass is 237 g/mol. The Morgan fingerprint density at radius 2 is 1.59 bits per heavy atom. The molecular formula is C16H31N. The smallest absolute Gasteiger partial charge is 0.00773 e. The number of nitrogens with two attached hydrogens (primary N) is 1. The Morgan fingerprint density at radius 1 is 1.06 bits per heavy atom. The lowest BCUT2D eigenvalue weighted by Crippen LogP contribution is -1.97. The zero-order valence-electron chi connectivity index (χ0n) is 12.2. The third-order valence-electron chi connectivity index (χ3n) is 2.16. The molecule has 0 aliphatic rings. The van der Waals surface area contributed by atoms with Crippen LogP contribution in [0.5, 0.6) is 0 Å². The van der Waals surface area contributed by atoms with Gasteiger partial charge in [0, 0.05) is 0 Å². The number of unbranched alkanes of at least 4 members (excludes halogenated alkanes) is 4. The number of rotatable bonds is 7. The van der Waals surface area contributed by atoms with E-state index in [4.69, 9.17) is 5.73 Å². The molecule has 2 N–H and O–H groups in total. The van der Waals surface area contributed by atoms with E-state index in [-0.39, 0.29) is 0 Å². The van der Waals surface area contributed by atoms with Crippen LogP contribution in [0.4, 0.5) is 0 Å². The Morgan fingerprint density at radius 3 is 2.06 bits per heavy atom. The Bertz CT molecular complexity index is 187. The first-order valence-electron chi connectivity index (χ1n) is 6.64. The fraction of sp³-hybridized carbons (Fsp3) is 0.625. The topological polar surface area (TPSA) is 26.0 Å². The number of allylic oxidation sites excluding steroid dienone is 4. The van der Waals surface area contributed by atoms with Crippen molar-refractivity contribution < 1.29 is 0 Å². The lowest BCUT2D eigenvalue weighted by molar-refractivity contribution is 0.652. The van der Waals surface area contributed by atoms with Gasteiger partial charge in [0.05, 0.1) is 0 Å². The summed E-state index contributed by atoms with van der Waals surface area (Å²) in [6.07, 6.45) is 20.9. The van der Waals surface area contributed by atoms with Gasteiger partial charge in [-0.1, -0.05) is 50.5 Å². The molecule has 0 aliphatic heterocycles. The van der Waals surface area contributed by atoms with E-state index in [1.807, 2.05) is 13.8 Å². The lowest BCUT2D eigenvalue weighted by atomic mass is 10.1. The van der Waals surface area contributed by atoms with Gasteiger partial charge in [0.1, 0.15) is 0 Å². The van der Waals surface area contributed by atoms with Crippen LogP contribution in [-0.2, 0) is 0 Å². The normalized spacial score (nSPS) is 10.2. The molecule has 100 valence electrons. The molecule has 0 unspecified atom stereocenters. The first-order chi connectivity index (χ1) is 8.31. The van der Waals surface area contributed by atoms with E-state index in [9.17, 15) is 0 Å². The van der Waals surface area contributed by atoms with Crippen molar-refractivity contribution in [3.63, 3.8) is 0 Å². The molecule has 0 aromatic carbocycles. The maximum Gasteiger partial charge on any atom is -0.00773 e. The molecule has 0 aromatic rings. The van der Waals surface area contributed by atoms with Gasteiger partial charge in [-0.15, -0.1) is 12.8 Å². The van der Waals surface area contributed by atoms with Crippen LogP contribution in [0.2, 0.25) is 0 Å². The van der Waals surface area contributed by atoms with Crippen molar-refractivity contribution in [3.8, 4) is 12.8 Å². The van der Waals surface area contributed by atoms with E-state index >= 15 is 0 Å². The molecule has 0 bridgehead atoms.